The summed E-state index contributed by atoms with van der Waals surface area (Å²) in [4.78, 5) is 4.46. The van der Waals surface area contributed by atoms with Gasteiger partial charge in [0.2, 0.25) is 0 Å². The van der Waals surface area contributed by atoms with Crippen LogP contribution in [0.3, 0.4) is 0 Å². The number of rotatable bonds is 2. The smallest absolute Gasteiger partial charge is 0.155 e. The lowest BCUT2D eigenvalue weighted by Gasteiger charge is -2.08. The van der Waals surface area contributed by atoms with Crippen LogP contribution in [0.5, 0.6) is 0 Å². The van der Waals surface area contributed by atoms with Gasteiger partial charge in [0.05, 0.1) is 5.52 Å². The summed E-state index contributed by atoms with van der Waals surface area (Å²) in [5, 5.41) is 4.07. The molecule has 1 aliphatic rings. The lowest BCUT2D eigenvalue weighted by atomic mass is 10.1. The molecular formula is C12H13BrClN3. The second-order valence-corrected chi connectivity index (χ2v) is 5.69. The summed E-state index contributed by atoms with van der Waals surface area (Å²) >= 11 is 9.63. The molecule has 1 unspecified atom stereocenters. The first-order valence-corrected chi connectivity index (χ1v) is 6.96. The largest absolute Gasteiger partial charge is 0.314 e. The molecule has 17 heavy (non-hydrogen) atoms. The molecule has 0 spiro atoms. The van der Waals surface area contributed by atoms with Crippen molar-refractivity contribution in [3.63, 3.8) is 0 Å². The molecule has 1 atom stereocenters. The predicted molar refractivity (Wildman–Crippen MR) is 72.6 cm³/mol. The maximum atomic E-state index is 6.15. The molecule has 0 amide bonds. The molecule has 1 N–H and O–H groups in total. The maximum Gasteiger partial charge on any atom is 0.155 e. The van der Waals surface area contributed by atoms with E-state index in [0.29, 0.717) is 11.2 Å². The Kier molecular flexibility index (Phi) is 3.11. The van der Waals surface area contributed by atoms with Crippen LogP contribution in [0.1, 0.15) is 18.7 Å². The zero-order valence-corrected chi connectivity index (χ0v) is 11.6. The van der Waals surface area contributed by atoms with Crippen molar-refractivity contribution in [1.82, 2.24) is 14.7 Å². The Hall–Kier alpha value is -0.580. The Morgan fingerprint density at radius 1 is 1.53 bits per heavy atom. The fourth-order valence-corrected chi connectivity index (χ4v) is 2.96. The van der Waals surface area contributed by atoms with E-state index in [2.05, 4.69) is 30.6 Å². The lowest BCUT2D eigenvalue weighted by molar-refractivity contribution is 0.584. The van der Waals surface area contributed by atoms with Gasteiger partial charge >= 0.3 is 0 Å². The van der Waals surface area contributed by atoms with Gasteiger partial charge in [-0.25, -0.2) is 4.98 Å². The molecule has 2 aromatic rings. The number of hydrogen-bond donors (Lipinski definition) is 1. The van der Waals surface area contributed by atoms with Crippen molar-refractivity contribution in [3.8, 4) is 0 Å². The molecule has 0 aromatic carbocycles. The van der Waals surface area contributed by atoms with Gasteiger partial charge in [0, 0.05) is 23.1 Å². The van der Waals surface area contributed by atoms with E-state index in [1.165, 1.54) is 12.8 Å². The van der Waals surface area contributed by atoms with E-state index in [-0.39, 0.29) is 0 Å². The third-order valence-corrected chi connectivity index (χ3v) is 3.97. The Morgan fingerprint density at radius 2 is 2.41 bits per heavy atom. The van der Waals surface area contributed by atoms with Crippen LogP contribution in [-0.2, 0) is 6.42 Å². The molecule has 5 heteroatoms. The molecule has 2 aromatic heterocycles. The van der Waals surface area contributed by atoms with Gasteiger partial charge in [0.25, 0.3) is 0 Å². The van der Waals surface area contributed by atoms with Crippen LogP contribution in [0, 0.1) is 0 Å². The molecule has 3 nitrogen and oxygen atoms in total. The Bertz CT molecular complexity index is 546. The molecule has 1 aliphatic heterocycles. The zero-order chi connectivity index (χ0) is 11.8. The second kappa shape index (κ2) is 4.59. The quantitative estimate of drug-likeness (QED) is 0.923. The van der Waals surface area contributed by atoms with Crippen molar-refractivity contribution < 1.29 is 0 Å². The third kappa shape index (κ3) is 2.21. The van der Waals surface area contributed by atoms with E-state index in [1.807, 2.05) is 18.3 Å². The van der Waals surface area contributed by atoms with Crippen LogP contribution in [0.4, 0.5) is 0 Å². The van der Waals surface area contributed by atoms with Gasteiger partial charge in [0.1, 0.15) is 5.82 Å². The summed E-state index contributed by atoms with van der Waals surface area (Å²) in [5.41, 5.74) is 0.975. The zero-order valence-electron chi connectivity index (χ0n) is 9.29. The first-order chi connectivity index (χ1) is 8.24. The average molecular weight is 315 g/mol. The maximum absolute atomic E-state index is 6.15. The topological polar surface area (TPSA) is 29.3 Å². The highest BCUT2D eigenvalue weighted by Crippen LogP contribution is 2.23. The monoisotopic (exact) mass is 313 g/mol. The highest BCUT2D eigenvalue weighted by atomic mass is 79.9. The second-order valence-electron chi connectivity index (χ2n) is 4.42. The molecule has 90 valence electrons. The fraction of sp³-hybridized carbons (Fsp3) is 0.417. The Morgan fingerprint density at radius 3 is 3.18 bits per heavy atom. The normalized spacial score (nSPS) is 20.2. The fourth-order valence-electron chi connectivity index (χ4n) is 2.38. The summed E-state index contributed by atoms with van der Waals surface area (Å²) in [6.45, 7) is 1.12. The summed E-state index contributed by atoms with van der Waals surface area (Å²) in [6, 6.07) is 4.52. The van der Waals surface area contributed by atoms with Crippen LogP contribution >= 0.6 is 27.5 Å². The van der Waals surface area contributed by atoms with Gasteiger partial charge in [-0.2, -0.15) is 0 Å². The van der Waals surface area contributed by atoms with Gasteiger partial charge in [0.15, 0.2) is 5.15 Å². The molecule has 3 heterocycles. The van der Waals surface area contributed by atoms with E-state index in [9.17, 15) is 0 Å². The van der Waals surface area contributed by atoms with Gasteiger partial charge < -0.3 is 9.72 Å². The number of imidazole rings is 1. The van der Waals surface area contributed by atoms with E-state index in [4.69, 9.17) is 11.6 Å². The average Bonchev–Trinajstić information content (AvgIpc) is 2.89. The van der Waals surface area contributed by atoms with Crippen LogP contribution in [-0.4, -0.2) is 22.0 Å². The molecule has 3 rings (SSSR count). The van der Waals surface area contributed by atoms with E-state index in [1.54, 1.807) is 0 Å². The molecule has 1 saturated heterocycles. The standard InChI is InChI=1S/C12H13BrClN3/c13-8-3-4-10-12(14)16-11(17(10)7-8)6-9-2-1-5-15-9/h3-4,7,9,15H,1-2,5-6H2. The highest BCUT2D eigenvalue weighted by molar-refractivity contribution is 9.10. The minimum absolute atomic E-state index is 0.538. The van der Waals surface area contributed by atoms with E-state index < -0.39 is 0 Å². The van der Waals surface area contributed by atoms with Crippen molar-refractivity contribution in [2.24, 2.45) is 0 Å². The summed E-state index contributed by atoms with van der Waals surface area (Å²) in [5.74, 6) is 1.03. The number of nitrogens with one attached hydrogen (secondary N) is 1. The summed E-state index contributed by atoms with van der Waals surface area (Å²) < 4.78 is 3.12. The number of pyridine rings is 1. The van der Waals surface area contributed by atoms with Crippen LogP contribution in [0.2, 0.25) is 5.15 Å². The molecule has 0 saturated carbocycles. The summed E-state index contributed by atoms with van der Waals surface area (Å²) in [7, 11) is 0. The first kappa shape index (κ1) is 11.5. The first-order valence-electron chi connectivity index (χ1n) is 5.79. The number of fused-ring (bicyclic) bond motifs is 1. The van der Waals surface area contributed by atoms with Crippen molar-refractivity contribution in [2.75, 3.05) is 6.54 Å². The minimum Gasteiger partial charge on any atom is -0.314 e. The van der Waals surface area contributed by atoms with Crippen molar-refractivity contribution in [2.45, 2.75) is 25.3 Å². The van der Waals surface area contributed by atoms with Gasteiger partial charge in [-0.3, -0.25) is 0 Å². The third-order valence-electron chi connectivity index (χ3n) is 3.22. The van der Waals surface area contributed by atoms with E-state index >= 15 is 0 Å². The van der Waals surface area contributed by atoms with Gasteiger partial charge in [-0.05, 0) is 47.4 Å². The van der Waals surface area contributed by atoms with Gasteiger partial charge in [-0.15, -0.1) is 0 Å². The SMILES string of the molecule is Clc1nc(CC2CCCN2)n2cc(Br)ccc12. The van der Waals surface area contributed by atoms with Crippen LogP contribution < -0.4 is 5.32 Å². The number of hydrogen-bond acceptors (Lipinski definition) is 2. The number of nitrogens with zero attached hydrogens (tertiary/aromatic N) is 2. The van der Waals surface area contributed by atoms with Crippen LogP contribution in [0.25, 0.3) is 5.52 Å². The molecular weight excluding hydrogens is 302 g/mol. The number of aromatic nitrogens is 2. The molecule has 0 radical (unpaired) electrons. The number of halogens is 2. The van der Waals surface area contributed by atoms with Crippen molar-refractivity contribution in [3.05, 3.63) is 33.8 Å². The van der Waals surface area contributed by atoms with Crippen molar-refractivity contribution >= 4 is 33.0 Å². The minimum atomic E-state index is 0.538. The molecule has 0 bridgehead atoms. The Labute approximate surface area is 113 Å². The predicted octanol–water partition coefficient (Wildman–Crippen LogP) is 3.04. The molecule has 1 fully saturated rings. The lowest BCUT2D eigenvalue weighted by Crippen LogP contribution is -2.24. The summed E-state index contributed by atoms with van der Waals surface area (Å²) in [6.07, 6.45) is 5.44. The highest BCUT2D eigenvalue weighted by Gasteiger charge is 2.18. The van der Waals surface area contributed by atoms with Gasteiger partial charge in [-0.1, -0.05) is 11.6 Å². The van der Waals surface area contributed by atoms with Crippen LogP contribution in [0.15, 0.2) is 22.8 Å². The molecule has 0 aliphatic carbocycles. The Balaban J connectivity index is 2.00. The van der Waals surface area contributed by atoms with Crippen molar-refractivity contribution in [1.29, 1.82) is 0 Å². The van der Waals surface area contributed by atoms with E-state index in [0.717, 1.165) is 28.8 Å².